The Kier molecular flexibility index (Phi) is 4.66. The second kappa shape index (κ2) is 6.25. The van der Waals surface area contributed by atoms with Crippen LogP contribution in [0.15, 0.2) is 22.7 Å². The highest BCUT2D eigenvalue weighted by Crippen LogP contribution is 2.28. The maximum atomic E-state index is 10.8. The van der Waals surface area contributed by atoms with Crippen LogP contribution in [0.25, 0.3) is 0 Å². The van der Waals surface area contributed by atoms with E-state index in [2.05, 4.69) is 21.2 Å². The standard InChI is InChI=1S/C13H16BrNO4/c1-18-8-2-4-10(14)11(6-8)15-7-9-3-5-12(19-9)13(16)17/h2,4,6,9,12,15H,3,5,7H2,1H3,(H,16,17). The van der Waals surface area contributed by atoms with Crippen molar-refractivity contribution in [2.75, 3.05) is 19.0 Å². The smallest absolute Gasteiger partial charge is 0.332 e. The number of ether oxygens (including phenoxy) is 2. The maximum Gasteiger partial charge on any atom is 0.332 e. The van der Waals surface area contributed by atoms with Crippen molar-refractivity contribution in [3.05, 3.63) is 22.7 Å². The first-order valence-electron chi connectivity index (χ1n) is 6.06. The van der Waals surface area contributed by atoms with Crippen LogP contribution >= 0.6 is 15.9 Å². The van der Waals surface area contributed by atoms with E-state index in [1.54, 1.807) is 7.11 Å². The zero-order valence-electron chi connectivity index (χ0n) is 10.6. The van der Waals surface area contributed by atoms with Crippen molar-refractivity contribution in [1.82, 2.24) is 0 Å². The highest BCUT2D eigenvalue weighted by atomic mass is 79.9. The number of hydrogen-bond donors (Lipinski definition) is 2. The monoisotopic (exact) mass is 329 g/mol. The molecule has 2 N–H and O–H groups in total. The minimum atomic E-state index is -0.884. The first-order valence-corrected chi connectivity index (χ1v) is 6.85. The Morgan fingerprint density at radius 3 is 3.00 bits per heavy atom. The summed E-state index contributed by atoms with van der Waals surface area (Å²) in [6, 6.07) is 5.65. The summed E-state index contributed by atoms with van der Waals surface area (Å²) in [7, 11) is 1.62. The van der Waals surface area contributed by atoms with E-state index in [9.17, 15) is 4.79 Å². The molecular weight excluding hydrogens is 314 g/mol. The van der Waals surface area contributed by atoms with Crippen molar-refractivity contribution in [3.8, 4) is 5.75 Å². The van der Waals surface area contributed by atoms with E-state index in [1.807, 2.05) is 18.2 Å². The number of carbonyl (C=O) groups is 1. The third-order valence-electron chi connectivity index (χ3n) is 3.08. The number of halogens is 1. The Labute approximate surface area is 120 Å². The van der Waals surface area contributed by atoms with Crippen LogP contribution in [0, 0.1) is 0 Å². The van der Waals surface area contributed by atoms with Gasteiger partial charge in [-0.05, 0) is 40.9 Å². The van der Waals surface area contributed by atoms with Gasteiger partial charge in [-0.25, -0.2) is 4.79 Å². The Morgan fingerprint density at radius 1 is 1.58 bits per heavy atom. The van der Waals surface area contributed by atoms with E-state index in [0.717, 1.165) is 22.3 Å². The molecule has 1 heterocycles. The highest BCUT2D eigenvalue weighted by molar-refractivity contribution is 9.10. The SMILES string of the molecule is COc1ccc(Br)c(NCC2CCC(C(=O)O)O2)c1. The molecule has 1 aromatic rings. The number of carboxylic acids is 1. The molecule has 2 unspecified atom stereocenters. The molecule has 19 heavy (non-hydrogen) atoms. The predicted molar refractivity (Wildman–Crippen MR) is 74.7 cm³/mol. The summed E-state index contributed by atoms with van der Waals surface area (Å²) in [4.78, 5) is 10.8. The molecule has 2 atom stereocenters. The van der Waals surface area contributed by atoms with Crippen LogP contribution in [0.3, 0.4) is 0 Å². The summed E-state index contributed by atoms with van der Waals surface area (Å²) in [5, 5.41) is 12.1. The fraction of sp³-hybridized carbons (Fsp3) is 0.462. The normalized spacial score (nSPS) is 22.2. The largest absolute Gasteiger partial charge is 0.497 e. The van der Waals surface area contributed by atoms with E-state index >= 15 is 0 Å². The molecular formula is C13H16BrNO4. The Hall–Kier alpha value is -1.27. The van der Waals surface area contributed by atoms with Crippen LogP contribution in [-0.2, 0) is 9.53 Å². The molecule has 0 amide bonds. The zero-order valence-corrected chi connectivity index (χ0v) is 12.1. The molecule has 0 aliphatic carbocycles. The summed E-state index contributed by atoms with van der Waals surface area (Å²) in [5.74, 6) is -0.119. The van der Waals surface area contributed by atoms with Crippen LogP contribution in [0.4, 0.5) is 5.69 Å². The summed E-state index contributed by atoms with van der Waals surface area (Å²) in [6.45, 7) is 0.579. The van der Waals surface area contributed by atoms with Crippen molar-refractivity contribution in [2.45, 2.75) is 25.0 Å². The molecule has 2 rings (SSSR count). The molecule has 1 aliphatic heterocycles. The van der Waals surface area contributed by atoms with Gasteiger partial charge in [0.2, 0.25) is 0 Å². The van der Waals surface area contributed by atoms with Crippen molar-refractivity contribution in [2.24, 2.45) is 0 Å². The van der Waals surface area contributed by atoms with Crippen LogP contribution in [-0.4, -0.2) is 36.9 Å². The molecule has 0 bridgehead atoms. The minimum absolute atomic E-state index is 0.0702. The van der Waals surface area contributed by atoms with Crippen LogP contribution in [0.2, 0.25) is 0 Å². The summed E-state index contributed by atoms with van der Waals surface area (Å²) in [5.41, 5.74) is 0.904. The molecule has 1 fully saturated rings. The van der Waals surface area contributed by atoms with E-state index in [-0.39, 0.29) is 6.10 Å². The molecule has 0 aromatic heterocycles. The fourth-order valence-corrected chi connectivity index (χ4v) is 2.41. The molecule has 0 saturated carbocycles. The highest BCUT2D eigenvalue weighted by Gasteiger charge is 2.30. The van der Waals surface area contributed by atoms with Gasteiger partial charge in [0.05, 0.1) is 18.9 Å². The van der Waals surface area contributed by atoms with Crippen molar-refractivity contribution < 1.29 is 19.4 Å². The zero-order chi connectivity index (χ0) is 13.8. The Bertz CT molecular complexity index is 466. The number of anilines is 1. The molecule has 0 radical (unpaired) electrons. The first-order chi connectivity index (χ1) is 9.10. The molecule has 1 saturated heterocycles. The Morgan fingerprint density at radius 2 is 2.37 bits per heavy atom. The molecule has 5 nitrogen and oxygen atoms in total. The van der Waals surface area contributed by atoms with Crippen LogP contribution in [0.5, 0.6) is 5.75 Å². The van der Waals surface area contributed by atoms with Crippen molar-refractivity contribution >= 4 is 27.6 Å². The molecule has 104 valence electrons. The number of benzene rings is 1. The Balaban J connectivity index is 1.91. The lowest BCUT2D eigenvalue weighted by Crippen LogP contribution is -2.24. The van der Waals surface area contributed by atoms with Gasteiger partial charge in [0.1, 0.15) is 5.75 Å². The van der Waals surface area contributed by atoms with Gasteiger partial charge in [-0.1, -0.05) is 0 Å². The topological polar surface area (TPSA) is 67.8 Å². The quantitative estimate of drug-likeness (QED) is 0.868. The van der Waals surface area contributed by atoms with Gasteiger partial charge in [0, 0.05) is 17.1 Å². The van der Waals surface area contributed by atoms with E-state index in [1.165, 1.54) is 0 Å². The second-order valence-corrected chi connectivity index (χ2v) is 5.24. The third kappa shape index (κ3) is 3.61. The average molecular weight is 330 g/mol. The average Bonchev–Trinajstić information content (AvgIpc) is 2.87. The van der Waals surface area contributed by atoms with E-state index in [0.29, 0.717) is 13.0 Å². The minimum Gasteiger partial charge on any atom is -0.497 e. The number of methoxy groups -OCH3 is 1. The molecule has 1 aliphatic rings. The lowest BCUT2D eigenvalue weighted by Gasteiger charge is -2.15. The van der Waals surface area contributed by atoms with Gasteiger partial charge in [-0.2, -0.15) is 0 Å². The number of rotatable bonds is 5. The summed E-state index contributed by atoms with van der Waals surface area (Å²) in [6.07, 6.45) is 0.590. The molecule has 1 aromatic carbocycles. The number of aliphatic carboxylic acids is 1. The lowest BCUT2D eigenvalue weighted by atomic mass is 10.2. The molecule has 0 spiro atoms. The van der Waals surface area contributed by atoms with E-state index < -0.39 is 12.1 Å². The molecule has 6 heteroatoms. The maximum absolute atomic E-state index is 10.8. The van der Waals surface area contributed by atoms with Gasteiger partial charge < -0.3 is 19.9 Å². The van der Waals surface area contributed by atoms with Gasteiger partial charge in [0.25, 0.3) is 0 Å². The van der Waals surface area contributed by atoms with Gasteiger partial charge in [-0.3, -0.25) is 0 Å². The van der Waals surface area contributed by atoms with Crippen molar-refractivity contribution in [3.63, 3.8) is 0 Å². The second-order valence-electron chi connectivity index (χ2n) is 4.39. The van der Waals surface area contributed by atoms with Gasteiger partial charge in [0.15, 0.2) is 6.10 Å². The number of hydrogen-bond acceptors (Lipinski definition) is 4. The lowest BCUT2D eigenvalue weighted by molar-refractivity contribution is -0.149. The predicted octanol–water partition coefficient (Wildman–Crippen LogP) is 2.50. The van der Waals surface area contributed by atoms with Crippen molar-refractivity contribution in [1.29, 1.82) is 0 Å². The summed E-state index contributed by atoms with van der Waals surface area (Å²) >= 11 is 3.45. The van der Waals surface area contributed by atoms with Gasteiger partial charge in [-0.15, -0.1) is 0 Å². The van der Waals surface area contributed by atoms with Gasteiger partial charge >= 0.3 is 5.97 Å². The fourth-order valence-electron chi connectivity index (χ4n) is 2.03. The first kappa shape index (κ1) is 14.1. The van der Waals surface area contributed by atoms with E-state index in [4.69, 9.17) is 14.6 Å². The van der Waals surface area contributed by atoms with Crippen LogP contribution < -0.4 is 10.1 Å². The third-order valence-corrected chi connectivity index (χ3v) is 3.77. The van der Waals surface area contributed by atoms with Crippen LogP contribution in [0.1, 0.15) is 12.8 Å². The summed E-state index contributed by atoms with van der Waals surface area (Å²) < 4.78 is 11.5. The number of carboxylic acid groups (broad SMARTS) is 1. The number of nitrogens with one attached hydrogen (secondary N) is 1.